The second-order valence-electron chi connectivity index (χ2n) is 5.98. The van der Waals surface area contributed by atoms with Crippen molar-refractivity contribution in [3.05, 3.63) is 51.8 Å². The topological polar surface area (TPSA) is 101 Å². The standard InChI is InChI=1S/C19H21ClN2O5/c1-11-8-14(12(2)22(11)7-6-18(24)26-3)16(23)10-27-17-5-4-13(20)9-15(17)19(21)25/h4-5,8-9H,6-7,10H2,1-3H3,(H2,21,25). The first-order chi connectivity index (χ1) is 12.7. The van der Waals surface area contributed by atoms with Gasteiger partial charge in [0.25, 0.3) is 5.91 Å². The summed E-state index contributed by atoms with van der Waals surface area (Å²) < 4.78 is 12.0. The van der Waals surface area contributed by atoms with E-state index in [2.05, 4.69) is 4.74 Å². The predicted molar refractivity (Wildman–Crippen MR) is 100 cm³/mol. The minimum Gasteiger partial charge on any atom is -0.485 e. The number of ether oxygens (including phenoxy) is 2. The highest BCUT2D eigenvalue weighted by Crippen LogP contribution is 2.23. The number of aryl methyl sites for hydroxylation is 1. The number of esters is 1. The highest BCUT2D eigenvalue weighted by atomic mass is 35.5. The van der Waals surface area contributed by atoms with Crippen molar-refractivity contribution >= 4 is 29.3 Å². The zero-order chi connectivity index (χ0) is 20.1. The smallest absolute Gasteiger partial charge is 0.307 e. The van der Waals surface area contributed by atoms with Gasteiger partial charge in [0.2, 0.25) is 5.78 Å². The Morgan fingerprint density at radius 2 is 1.85 bits per heavy atom. The van der Waals surface area contributed by atoms with Crippen LogP contribution < -0.4 is 10.5 Å². The highest BCUT2D eigenvalue weighted by molar-refractivity contribution is 6.31. The van der Waals surface area contributed by atoms with Crippen LogP contribution in [0.15, 0.2) is 24.3 Å². The van der Waals surface area contributed by atoms with Crippen molar-refractivity contribution in [2.45, 2.75) is 26.8 Å². The lowest BCUT2D eigenvalue weighted by molar-refractivity contribution is -0.140. The van der Waals surface area contributed by atoms with E-state index in [1.807, 2.05) is 11.5 Å². The molecule has 2 N–H and O–H groups in total. The number of primary amides is 1. The Bertz CT molecular complexity index is 888. The zero-order valence-electron chi connectivity index (χ0n) is 15.4. The van der Waals surface area contributed by atoms with Gasteiger partial charge in [0.15, 0.2) is 6.61 Å². The molecule has 27 heavy (non-hydrogen) atoms. The van der Waals surface area contributed by atoms with E-state index in [0.717, 1.165) is 11.4 Å². The Morgan fingerprint density at radius 3 is 2.48 bits per heavy atom. The molecule has 1 amide bonds. The lowest BCUT2D eigenvalue weighted by Gasteiger charge is -2.10. The van der Waals surface area contributed by atoms with Crippen LogP contribution in [0.5, 0.6) is 5.75 Å². The Morgan fingerprint density at radius 1 is 1.15 bits per heavy atom. The molecule has 0 aliphatic heterocycles. The van der Waals surface area contributed by atoms with Crippen LogP contribution in [-0.2, 0) is 16.1 Å². The quantitative estimate of drug-likeness (QED) is 0.549. The second-order valence-corrected chi connectivity index (χ2v) is 6.42. The van der Waals surface area contributed by atoms with E-state index in [-0.39, 0.29) is 36.1 Å². The molecular formula is C19H21ClN2O5. The second kappa shape index (κ2) is 8.73. The molecule has 0 radical (unpaired) electrons. The SMILES string of the molecule is COC(=O)CCn1c(C)cc(C(=O)COc2ccc(Cl)cc2C(N)=O)c1C. The van der Waals surface area contributed by atoms with Gasteiger partial charge in [-0.3, -0.25) is 14.4 Å². The first kappa shape index (κ1) is 20.5. The number of benzene rings is 1. The minimum absolute atomic E-state index is 0.110. The van der Waals surface area contributed by atoms with Crippen molar-refractivity contribution in [2.24, 2.45) is 5.73 Å². The molecular weight excluding hydrogens is 372 g/mol. The van der Waals surface area contributed by atoms with Crippen molar-refractivity contribution in [3.63, 3.8) is 0 Å². The number of nitrogens with two attached hydrogens (primary N) is 1. The first-order valence-corrected chi connectivity index (χ1v) is 8.61. The summed E-state index contributed by atoms with van der Waals surface area (Å²) in [6, 6.07) is 6.18. The third-order valence-corrected chi connectivity index (χ3v) is 4.44. The molecule has 7 nitrogen and oxygen atoms in total. The number of hydrogen-bond donors (Lipinski definition) is 1. The van der Waals surface area contributed by atoms with Gasteiger partial charge in [-0.1, -0.05) is 11.6 Å². The van der Waals surface area contributed by atoms with Crippen molar-refractivity contribution in [1.82, 2.24) is 4.57 Å². The third kappa shape index (κ3) is 4.89. The number of halogens is 1. The predicted octanol–water partition coefficient (Wildman–Crippen LogP) is 2.68. The average Bonchev–Trinajstić information content (AvgIpc) is 2.92. The van der Waals surface area contributed by atoms with Crippen LogP contribution in [0.1, 0.15) is 38.5 Å². The molecule has 0 saturated carbocycles. The van der Waals surface area contributed by atoms with E-state index in [1.54, 1.807) is 19.1 Å². The Labute approximate surface area is 162 Å². The molecule has 0 unspecified atom stereocenters. The fourth-order valence-electron chi connectivity index (χ4n) is 2.77. The number of aromatic nitrogens is 1. The molecule has 0 fully saturated rings. The van der Waals surface area contributed by atoms with Gasteiger partial charge in [0, 0.05) is 28.5 Å². The number of carbonyl (C=O) groups is 3. The van der Waals surface area contributed by atoms with Crippen LogP contribution in [0.3, 0.4) is 0 Å². The fourth-order valence-corrected chi connectivity index (χ4v) is 2.95. The lowest BCUT2D eigenvalue weighted by Crippen LogP contribution is -2.17. The summed E-state index contributed by atoms with van der Waals surface area (Å²) in [6.07, 6.45) is 0.212. The molecule has 0 saturated heterocycles. The van der Waals surface area contributed by atoms with Crippen LogP contribution in [-0.4, -0.2) is 35.9 Å². The molecule has 2 aromatic rings. The van der Waals surface area contributed by atoms with Crippen LogP contribution in [0, 0.1) is 13.8 Å². The summed E-state index contributed by atoms with van der Waals surface area (Å²) in [5.74, 6) is -1.07. The molecule has 8 heteroatoms. The molecule has 144 valence electrons. The highest BCUT2D eigenvalue weighted by Gasteiger charge is 2.18. The van der Waals surface area contributed by atoms with E-state index >= 15 is 0 Å². The van der Waals surface area contributed by atoms with E-state index in [0.29, 0.717) is 17.1 Å². The molecule has 1 heterocycles. The summed E-state index contributed by atoms with van der Waals surface area (Å²) in [7, 11) is 1.33. The van der Waals surface area contributed by atoms with E-state index < -0.39 is 5.91 Å². The molecule has 0 aliphatic carbocycles. The Balaban J connectivity index is 2.13. The van der Waals surface area contributed by atoms with Gasteiger partial charge >= 0.3 is 5.97 Å². The van der Waals surface area contributed by atoms with Gasteiger partial charge in [-0.15, -0.1) is 0 Å². The first-order valence-electron chi connectivity index (χ1n) is 8.23. The van der Waals surface area contributed by atoms with Crippen molar-refractivity contribution in [2.75, 3.05) is 13.7 Å². The monoisotopic (exact) mass is 392 g/mol. The van der Waals surface area contributed by atoms with Crippen LogP contribution in [0.2, 0.25) is 5.02 Å². The van der Waals surface area contributed by atoms with Gasteiger partial charge < -0.3 is 19.8 Å². The molecule has 0 aliphatic rings. The largest absolute Gasteiger partial charge is 0.485 e. The van der Waals surface area contributed by atoms with Crippen LogP contribution in [0.4, 0.5) is 0 Å². The molecule has 0 atom stereocenters. The van der Waals surface area contributed by atoms with Crippen molar-refractivity contribution in [3.8, 4) is 5.75 Å². The van der Waals surface area contributed by atoms with Gasteiger partial charge in [-0.2, -0.15) is 0 Å². The minimum atomic E-state index is -0.694. The molecule has 0 bridgehead atoms. The Kier molecular flexibility index (Phi) is 6.63. The number of carbonyl (C=O) groups excluding carboxylic acids is 3. The number of methoxy groups -OCH3 is 1. The summed E-state index contributed by atoms with van der Waals surface area (Å²) >= 11 is 5.86. The van der Waals surface area contributed by atoms with Gasteiger partial charge in [-0.05, 0) is 38.1 Å². The molecule has 0 spiro atoms. The number of ketones is 1. The van der Waals surface area contributed by atoms with Crippen molar-refractivity contribution < 1.29 is 23.9 Å². The van der Waals surface area contributed by atoms with E-state index in [9.17, 15) is 14.4 Å². The number of amides is 1. The maximum absolute atomic E-state index is 12.6. The summed E-state index contributed by atoms with van der Waals surface area (Å²) in [6.45, 7) is 3.81. The average molecular weight is 393 g/mol. The van der Waals surface area contributed by atoms with Gasteiger partial charge in [-0.25, -0.2) is 0 Å². The molecule has 1 aromatic carbocycles. The Hall–Kier alpha value is -2.80. The fraction of sp³-hybridized carbons (Fsp3) is 0.316. The van der Waals surface area contributed by atoms with Gasteiger partial charge in [0.05, 0.1) is 19.1 Å². The maximum Gasteiger partial charge on any atom is 0.307 e. The zero-order valence-corrected chi connectivity index (χ0v) is 16.1. The van der Waals surface area contributed by atoms with E-state index in [4.69, 9.17) is 22.1 Å². The number of nitrogens with zero attached hydrogens (tertiary/aromatic N) is 1. The van der Waals surface area contributed by atoms with E-state index in [1.165, 1.54) is 19.2 Å². The number of rotatable bonds is 8. The molecule has 2 rings (SSSR count). The number of hydrogen-bond acceptors (Lipinski definition) is 5. The van der Waals surface area contributed by atoms with Gasteiger partial charge in [0.1, 0.15) is 5.75 Å². The van der Waals surface area contributed by atoms with Crippen LogP contribution in [0.25, 0.3) is 0 Å². The lowest BCUT2D eigenvalue weighted by atomic mass is 10.1. The third-order valence-electron chi connectivity index (χ3n) is 4.21. The summed E-state index contributed by atoms with van der Waals surface area (Å²) in [5, 5.41) is 0.344. The van der Waals surface area contributed by atoms with Crippen LogP contribution >= 0.6 is 11.6 Å². The van der Waals surface area contributed by atoms with Crippen molar-refractivity contribution in [1.29, 1.82) is 0 Å². The summed E-state index contributed by atoms with van der Waals surface area (Å²) in [5.41, 5.74) is 7.50. The number of Topliss-reactive ketones (excluding diaryl/α,β-unsaturated/α-hetero) is 1. The normalized spacial score (nSPS) is 10.5. The maximum atomic E-state index is 12.6. The molecule has 1 aromatic heterocycles. The summed E-state index contributed by atoms with van der Waals surface area (Å²) in [4.78, 5) is 35.4.